The summed E-state index contributed by atoms with van der Waals surface area (Å²) in [5.74, 6) is -1.33. The van der Waals surface area contributed by atoms with Crippen molar-refractivity contribution in [2.75, 3.05) is 0 Å². The molecule has 0 aliphatic carbocycles. The summed E-state index contributed by atoms with van der Waals surface area (Å²) in [4.78, 5) is 22.1. The van der Waals surface area contributed by atoms with Crippen LogP contribution in [0.1, 0.15) is 40.5 Å². The maximum atomic E-state index is 11.6. The molecule has 0 rings (SSSR count). The van der Waals surface area contributed by atoms with Gasteiger partial charge in [-0.15, -0.1) is 0 Å². The van der Waals surface area contributed by atoms with E-state index in [2.05, 4.69) is 5.32 Å². The van der Waals surface area contributed by atoms with Gasteiger partial charge in [-0.3, -0.25) is 4.79 Å². The van der Waals surface area contributed by atoms with E-state index < -0.39 is 18.2 Å². The third-order valence-corrected chi connectivity index (χ3v) is 2.46. The number of nitrogens with one attached hydrogen (secondary N) is 1. The van der Waals surface area contributed by atoms with Crippen molar-refractivity contribution in [1.82, 2.24) is 5.32 Å². The Morgan fingerprint density at radius 2 is 1.69 bits per heavy atom. The number of ether oxygens (including phenoxy) is 1. The van der Waals surface area contributed by atoms with Crippen LogP contribution in [0.2, 0.25) is 0 Å². The number of aliphatic carboxylic acids is 1. The SMILES string of the molecule is CCC(CC)NC(=O)C(C)OC(C)C(=O)O. The van der Waals surface area contributed by atoms with E-state index in [0.29, 0.717) is 0 Å². The fraction of sp³-hybridized carbons (Fsp3) is 0.818. The molecule has 0 bridgehead atoms. The van der Waals surface area contributed by atoms with E-state index in [0.717, 1.165) is 12.8 Å². The molecule has 5 heteroatoms. The average Bonchev–Trinajstić information content (AvgIpc) is 2.24. The van der Waals surface area contributed by atoms with E-state index in [1.807, 2.05) is 13.8 Å². The molecule has 0 heterocycles. The van der Waals surface area contributed by atoms with Gasteiger partial charge in [-0.25, -0.2) is 4.79 Å². The molecular weight excluding hydrogens is 210 g/mol. The lowest BCUT2D eigenvalue weighted by Gasteiger charge is -2.20. The van der Waals surface area contributed by atoms with Gasteiger partial charge in [0.15, 0.2) is 6.10 Å². The standard InChI is InChI=1S/C11H21NO4/c1-5-9(6-2)12-10(13)7(3)16-8(4)11(14)15/h7-9H,5-6H2,1-4H3,(H,12,13)(H,14,15). The highest BCUT2D eigenvalue weighted by Crippen LogP contribution is 2.02. The summed E-state index contributed by atoms with van der Waals surface area (Å²) in [7, 11) is 0. The monoisotopic (exact) mass is 231 g/mol. The van der Waals surface area contributed by atoms with Gasteiger partial charge in [-0.1, -0.05) is 13.8 Å². The molecule has 2 atom stereocenters. The van der Waals surface area contributed by atoms with E-state index in [1.54, 1.807) is 6.92 Å². The minimum atomic E-state index is -1.07. The molecular formula is C11H21NO4. The zero-order chi connectivity index (χ0) is 12.7. The van der Waals surface area contributed by atoms with Gasteiger partial charge in [0.05, 0.1) is 0 Å². The molecule has 0 aliphatic heterocycles. The van der Waals surface area contributed by atoms with Crippen molar-refractivity contribution >= 4 is 11.9 Å². The first-order valence-electron chi connectivity index (χ1n) is 5.60. The van der Waals surface area contributed by atoms with Gasteiger partial charge < -0.3 is 15.2 Å². The maximum absolute atomic E-state index is 11.6. The maximum Gasteiger partial charge on any atom is 0.332 e. The zero-order valence-electron chi connectivity index (χ0n) is 10.3. The number of rotatable bonds is 7. The lowest BCUT2D eigenvalue weighted by Crippen LogP contribution is -2.42. The summed E-state index contributed by atoms with van der Waals surface area (Å²) in [6.45, 7) is 6.93. The molecule has 2 unspecified atom stereocenters. The van der Waals surface area contributed by atoms with Gasteiger partial charge in [0.2, 0.25) is 5.91 Å². The van der Waals surface area contributed by atoms with E-state index in [1.165, 1.54) is 6.92 Å². The number of hydrogen-bond acceptors (Lipinski definition) is 3. The highest BCUT2D eigenvalue weighted by molar-refractivity contribution is 5.81. The largest absolute Gasteiger partial charge is 0.479 e. The summed E-state index contributed by atoms with van der Waals surface area (Å²) in [6.07, 6.45) is -0.0125. The summed E-state index contributed by atoms with van der Waals surface area (Å²) in [6, 6.07) is 0.124. The first-order valence-corrected chi connectivity index (χ1v) is 5.60. The summed E-state index contributed by atoms with van der Waals surface area (Å²) >= 11 is 0. The molecule has 0 saturated heterocycles. The number of hydrogen-bond donors (Lipinski definition) is 2. The molecule has 0 radical (unpaired) electrons. The van der Waals surface area contributed by atoms with Gasteiger partial charge in [-0.2, -0.15) is 0 Å². The molecule has 0 spiro atoms. The van der Waals surface area contributed by atoms with Crippen molar-refractivity contribution in [1.29, 1.82) is 0 Å². The Labute approximate surface area is 96.2 Å². The fourth-order valence-corrected chi connectivity index (χ4v) is 1.24. The molecule has 0 aromatic heterocycles. The first kappa shape index (κ1) is 14.9. The van der Waals surface area contributed by atoms with Crippen molar-refractivity contribution < 1.29 is 19.4 Å². The molecule has 0 aliphatic rings. The zero-order valence-corrected chi connectivity index (χ0v) is 10.3. The van der Waals surface area contributed by atoms with Crippen LogP contribution in [0.5, 0.6) is 0 Å². The molecule has 94 valence electrons. The molecule has 0 aromatic carbocycles. The van der Waals surface area contributed by atoms with Crippen molar-refractivity contribution in [2.24, 2.45) is 0 Å². The van der Waals surface area contributed by atoms with E-state index >= 15 is 0 Å². The fourth-order valence-electron chi connectivity index (χ4n) is 1.24. The van der Waals surface area contributed by atoms with Crippen LogP contribution in [0.3, 0.4) is 0 Å². The van der Waals surface area contributed by atoms with Crippen molar-refractivity contribution in [2.45, 2.75) is 58.8 Å². The highest BCUT2D eigenvalue weighted by Gasteiger charge is 2.21. The predicted octanol–water partition coefficient (Wildman–Crippen LogP) is 1.17. The number of carbonyl (C=O) groups is 2. The Kier molecular flexibility index (Phi) is 6.72. The van der Waals surface area contributed by atoms with Crippen LogP contribution in [0, 0.1) is 0 Å². The second-order valence-electron chi connectivity index (χ2n) is 3.78. The van der Waals surface area contributed by atoms with Gasteiger partial charge in [0.25, 0.3) is 0 Å². The highest BCUT2D eigenvalue weighted by atomic mass is 16.5. The topological polar surface area (TPSA) is 75.6 Å². The van der Waals surface area contributed by atoms with Crippen LogP contribution >= 0.6 is 0 Å². The van der Waals surface area contributed by atoms with Gasteiger partial charge in [-0.05, 0) is 26.7 Å². The Bertz CT molecular complexity index is 238. The normalized spacial score (nSPS) is 14.6. The Morgan fingerprint density at radius 1 is 1.19 bits per heavy atom. The third kappa shape index (κ3) is 5.11. The summed E-state index contributed by atoms with van der Waals surface area (Å²) < 4.78 is 5.05. The second kappa shape index (κ2) is 7.22. The number of amides is 1. The lowest BCUT2D eigenvalue weighted by molar-refractivity contribution is -0.155. The second-order valence-corrected chi connectivity index (χ2v) is 3.78. The first-order chi connectivity index (χ1) is 7.42. The number of carboxylic acids is 1. The Balaban J connectivity index is 4.13. The van der Waals surface area contributed by atoms with Gasteiger partial charge in [0.1, 0.15) is 6.10 Å². The van der Waals surface area contributed by atoms with E-state index in [9.17, 15) is 9.59 Å². The molecule has 1 amide bonds. The van der Waals surface area contributed by atoms with Crippen LogP contribution in [0.25, 0.3) is 0 Å². The quantitative estimate of drug-likeness (QED) is 0.689. The van der Waals surface area contributed by atoms with Crippen molar-refractivity contribution in [3.05, 3.63) is 0 Å². The molecule has 0 saturated carbocycles. The van der Waals surface area contributed by atoms with Crippen LogP contribution < -0.4 is 5.32 Å². The van der Waals surface area contributed by atoms with Gasteiger partial charge in [0, 0.05) is 6.04 Å². The van der Waals surface area contributed by atoms with E-state index in [-0.39, 0.29) is 11.9 Å². The third-order valence-electron chi connectivity index (χ3n) is 2.46. The predicted molar refractivity (Wildman–Crippen MR) is 60.2 cm³/mol. The minimum Gasteiger partial charge on any atom is -0.479 e. The molecule has 16 heavy (non-hydrogen) atoms. The minimum absolute atomic E-state index is 0.124. The van der Waals surface area contributed by atoms with Crippen LogP contribution in [0.4, 0.5) is 0 Å². The smallest absolute Gasteiger partial charge is 0.332 e. The molecule has 0 fully saturated rings. The lowest BCUT2D eigenvalue weighted by atomic mass is 10.1. The number of carbonyl (C=O) groups excluding carboxylic acids is 1. The van der Waals surface area contributed by atoms with Crippen molar-refractivity contribution in [3.63, 3.8) is 0 Å². The van der Waals surface area contributed by atoms with E-state index in [4.69, 9.17) is 9.84 Å². The summed E-state index contributed by atoms with van der Waals surface area (Å²) in [5, 5.41) is 11.4. The van der Waals surface area contributed by atoms with Crippen LogP contribution in [-0.2, 0) is 14.3 Å². The molecule has 5 nitrogen and oxygen atoms in total. The van der Waals surface area contributed by atoms with Gasteiger partial charge >= 0.3 is 5.97 Å². The number of carboxylic acid groups (broad SMARTS) is 1. The van der Waals surface area contributed by atoms with Crippen molar-refractivity contribution in [3.8, 4) is 0 Å². The van der Waals surface area contributed by atoms with Crippen LogP contribution in [-0.4, -0.2) is 35.2 Å². The average molecular weight is 231 g/mol. The molecule has 2 N–H and O–H groups in total. The molecule has 0 aromatic rings. The Morgan fingerprint density at radius 3 is 2.06 bits per heavy atom. The Hall–Kier alpha value is -1.10. The summed E-state index contributed by atoms with van der Waals surface area (Å²) in [5.41, 5.74) is 0. The van der Waals surface area contributed by atoms with Crippen LogP contribution in [0.15, 0.2) is 0 Å².